The number of rotatable bonds is 5. The summed E-state index contributed by atoms with van der Waals surface area (Å²) in [5.74, 6) is 0.433. The monoisotopic (exact) mass is 287 g/mol. The lowest BCUT2D eigenvalue weighted by Crippen LogP contribution is -2.36. The third kappa shape index (κ3) is 3.47. The SMILES string of the molecule is COc1ccccc1CNC(=O)[C@H](C)n1ncccc1=O. The van der Waals surface area contributed by atoms with Gasteiger partial charge in [-0.15, -0.1) is 0 Å². The molecule has 1 heterocycles. The second-order valence-corrected chi connectivity index (χ2v) is 4.51. The molecule has 2 rings (SSSR count). The van der Waals surface area contributed by atoms with Crippen molar-refractivity contribution in [1.82, 2.24) is 15.1 Å². The van der Waals surface area contributed by atoms with Gasteiger partial charge in [0.2, 0.25) is 5.91 Å². The van der Waals surface area contributed by atoms with E-state index < -0.39 is 6.04 Å². The van der Waals surface area contributed by atoms with Gasteiger partial charge in [0.1, 0.15) is 11.8 Å². The minimum absolute atomic E-state index is 0.276. The number of hydrogen-bond donors (Lipinski definition) is 1. The van der Waals surface area contributed by atoms with Crippen LogP contribution in [-0.4, -0.2) is 22.8 Å². The number of ether oxygens (including phenoxy) is 1. The summed E-state index contributed by atoms with van der Waals surface area (Å²) in [5, 5.41) is 6.69. The molecule has 1 aromatic heterocycles. The van der Waals surface area contributed by atoms with Crippen LogP contribution in [0.5, 0.6) is 5.75 Å². The Kier molecular flexibility index (Phi) is 4.71. The number of amides is 1. The maximum atomic E-state index is 12.1. The van der Waals surface area contributed by atoms with Gasteiger partial charge >= 0.3 is 0 Å². The van der Waals surface area contributed by atoms with Crippen molar-refractivity contribution >= 4 is 5.91 Å². The molecule has 21 heavy (non-hydrogen) atoms. The molecule has 0 bridgehead atoms. The molecule has 0 aliphatic heterocycles. The fourth-order valence-corrected chi connectivity index (χ4v) is 1.95. The summed E-state index contributed by atoms with van der Waals surface area (Å²) in [5.41, 5.74) is 0.561. The van der Waals surface area contributed by atoms with E-state index in [1.165, 1.54) is 18.3 Å². The Labute approximate surface area is 122 Å². The first-order valence-electron chi connectivity index (χ1n) is 6.57. The van der Waals surface area contributed by atoms with Crippen molar-refractivity contribution in [1.29, 1.82) is 0 Å². The van der Waals surface area contributed by atoms with E-state index in [4.69, 9.17) is 4.74 Å². The summed E-state index contributed by atoms with van der Waals surface area (Å²) in [4.78, 5) is 23.8. The zero-order valence-corrected chi connectivity index (χ0v) is 11.9. The lowest BCUT2D eigenvalue weighted by Gasteiger charge is -2.14. The van der Waals surface area contributed by atoms with Crippen LogP contribution in [-0.2, 0) is 11.3 Å². The van der Waals surface area contributed by atoms with Gasteiger partial charge in [-0.1, -0.05) is 18.2 Å². The predicted molar refractivity (Wildman–Crippen MR) is 78.0 cm³/mol. The van der Waals surface area contributed by atoms with Gasteiger partial charge in [-0.2, -0.15) is 5.10 Å². The van der Waals surface area contributed by atoms with E-state index in [1.807, 2.05) is 24.3 Å². The average Bonchev–Trinajstić information content (AvgIpc) is 2.52. The number of carbonyl (C=O) groups is 1. The predicted octanol–water partition coefficient (Wildman–Crippen LogP) is 1.13. The van der Waals surface area contributed by atoms with Crippen molar-refractivity contribution in [2.75, 3.05) is 7.11 Å². The Morgan fingerprint density at radius 3 is 2.81 bits per heavy atom. The van der Waals surface area contributed by atoms with Crippen LogP contribution in [0, 0.1) is 0 Å². The summed E-state index contributed by atoms with van der Waals surface area (Å²) in [6, 6.07) is 9.67. The molecule has 0 spiro atoms. The molecular formula is C15H17N3O3. The summed E-state index contributed by atoms with van der Waals surface area (Å²) in [7, 11) is 1.58. The van der Waals surface area contributed by atoms with Crippen molar-refractivity contribution in [3.63, 3.8) is 0 Å². The number of para-hydroxylation sites is 1. The normalized spacial score (nSPS) is 11.7. The summed E-state index contributed by atoms with van der Waals surface area (Å²) in [6.07, 6.45) is 1.48. The molecule has 0 aliphatic rings. The Morgan fingerprint density at radius 2 is 2.10 bits per heavy atom. The van der Waals surface area contributed by atoms with Gasteiger partial charge < -0.3 is 10.1 Å². The molecule has 6 heteroatoms. The molecule has 0 unspecified atom stereocenters. The maximum Gasteiger partial charge on any atom is 0.267 e. The fourth-order valence-electron chi connectivity index (χ4n) is 1.95. The molecule has 6 nitrogen and oxygen atoms in total. The Hall–Kier alpha value is -2.63. The number of nitrogens with zero attached hydrogens (tertiary/aromatic N) is 2. The van der Waals surface area contributed by atoms with Crippen LogP contribution < -0.4 is 15.6 Å². The highest BCUT2D eigenvalue weighted by Crippen LogP contribution is 2.16. The van der Waals surface area contributed by atoms with E-state index in [0.717, 1.165) is 10.2 Å². The van der Waals surface area contributed by atoms with Crippen molar-refractivity contribution < 1.29 is 9.53 Å². The minimum atomic E-state index is -0.673. The molecule has 2 aromatic rings. The number of nitrogens with one attached hydrogen (secondary N) is 1. The van der Waals surface area contributed by atoms with E-state index in [9.17, 15) is 9.59 Å². The van der Waals surface area contributed by atoms with Gasteiger partial charge in [0.05, 0.1) is 7.11 Å². The molecular weight excluding hydrogens is 270 g/mol. The lowest BCUT2D eigenvalue weighted by molar-refractivity contribution is -0.124. The second kappa shape index (κ2) is 6.69. The van der Waals surface area contributed by atoms with E-state index in [1.54, 1.807) is 14.0 Å². The van der Waals surface area contributed by atoms with Crippen LogP contribution in [0.1, 0.15) is 18.5 Å². The third-order valence-corrected chi connectivity index (χ3v) is 3.13. The number of carbonyl (C=O) groups excluding carboxylic acids is 1. The van der Waals surface area contributed by atoms with Crippen LogP contribution in [0.15, 0.2) is 47.4 Å². The van der Waals surface area contributed by atoms with Crippen molar-refractivity contribution in [2.45, 2.75) is 19.5 Å². The zero-order chi connectivity index (χ0) is 15.2. The minimum Gasteiger partial charge on any atom is -0.496 e. The van der Waals surface area contributed by atoms with Gasteiger partial charge in [-0.05, 0) is 19.1 Å². The second-order valence-electron chi connectivity index (χ2n) is 4.51. The van der Waals surface area contributed by atoms with Crippen molar-refractivity contribution in [3.05, 3.63) is 58.5 Å². The third-order valence-electron chi connectivity index (χ3n) is 3.13. The number of methoxy groups -OCH3 is 1. The number of hydrogen-bond acceptors (Lipinski definition) is 4. The first kappa shape index (κ1) is 14.8. The van der Waals surface area contributed by atoms with Gasteiger partial charge in [0, 0.05) is 24.4 Å². The molecule has 0 saturated heterocycles. The topological polar surface area (TPSA) is 73.2 Å². The first-order valence-corrected chi connectivity index (χ1v) is 6.57. The first-order chi connectivity index (χ1) is 10.1. The van der Waals surface area contributed by atoms with Crippen LogP contribution >= 0.6 is 0 Å². The zero-order valence-electron chi connectivity index (χ0n) is 11.9. The van der Waals surface area contributed by atoms with Crippen molar-refractivity contribution in [2.24, 2.45) is 0 Å². The van der Waals surface area contributed by atoms with E-state index >= 15 is 0 Å². The van der Waals surface area contributed by atoms with Gasteiger partial charge in [0.25, 0.3) is 5.56 Å². The standard InChI is InChI=1S/C15H17N3O3/c1-11(18-14(19)8-5-9-17-18)15(20)16-10-12-6-3-4-7-13(12)21-2/h3-9,11H,10H2,1-2H3,(H,16,20)/t11-/m0/s1. The van der Waals surface area contributed by atoms with E-state index in [2.05, 4.69) is 10.4 Å². The molecule has 1 amide bonds. The highest BCUT2D eigenvalue weighted by Gasteiger charge is 2.16. The smallest absolute Gasteiger partial charge is 0.267 e. The van der Waals surface area contributed by atoms with E-state index in [-0.39, 0.29) is 11.5 Å². The summed E-state index contributed by atoms with van der Waals surface area (Å²) in [6.45, 7) is 1.96. The highest BCUT2D eigenvalue weighted by molar-refractivity contribution is 5.79. The molecule has 1 aromatic carbocycles. The molecule has 1 N–H and O–H groups in total. The van der Waals surface area contributed by atoms with Gasteiger partial charge in [-0.25, -0.2) is 4.68 Å². The van der Waals surface area contributed by atoms with Gasteiger partial charge in [-0.3, -0.25) is 9.59 Å². The van der Waals surface area contributed by atoms with Crippen molar-refractivity contribution in [3.8, 4) is 5.75 Å². The largest absolute Gasteiger partial charge is 0.496 e. The number of benzene rings is 1. The Balaban J connectivity index is 2.05. The average molecular weight is 287 g/mol. The van der Waals surface area contributed by atoms with E-state index in [0.29, 0.717) is 12.3 Å². The summed E-state index contributed by atoms with van der Waals surface area (Å²) < 4.78 is 6.37. The highest BCUT2D eigenvalue weighted by atomic mass is 16.5. The van der Waals surface area contributed by atoms with Crippen LogP contribution in [0.25, 0.3) is 0 Å². The maximum absolute atomic E-state index is 12.1. The fraction of sp³-hybridized carbons (Fsp3) is 0.267. The van der Waals surface area contributed by atoms with Crippen LogP contribution in [0.3, 0.4) is 0 Å². The lowest BCUT2D eigenvalue weighted by atomic mass is 10.2. The molecule has 0 fully saturated rings. The number of aromatic nitrogens is 2. The van der Waals surface area contributed by atoms with Crippen LogP contribution in [0.2, 0.25) is 0 Å². The van der Waals surface area contributed by atoms with Crippen LogP contribution in [0.4, 0.5) is 0 Å². The molecule has 0 radical (unpaired) electrons. The quantitative estimate of drug-likeness (QED) is 0.894. The molecule has 0 saturated carbocycles. The summed E-state index contributed by atoms with van der Waals surface area (Å²) >= 11 is 0. The molecule has 110 valence electrons. The Bertz CT molecular complexity index is 682. The molecule has 0 aliphatic carbocycles. The Morgan fingerprint density at radius 1 is 1.33 bits per heavy atom. The van der Waals surface area contributed by atoms with Gasteiger partial charge in [0.15, 0.2) is 0 Å². The molecule has 1 atom stereocenters.